The third-order valence-electron chi connectivity index (χ3n) is 3.84. The van der Waals surface area contributed by atoms with Crippen LogP contribution in [0.2, 0.25) is 0 Å². The summed E-state index contributed by atoms with van der Waals surface area (Å²) in [7, 11) is 1.64. The monoisotopic (exact) mass is 352 g/mol. The number of aryl methyl sites for hydroxylation is 1. The zero-order valence-corrected chi connectivity index (χ0v) is 14.7. The third kappa shape index (κ3) is 4.38. The molecule has 0 aliphatic carbocycles. The van der Waals surface area contributed by atoms with E-state index >= 15 is 0 Å². The maximum atomic E-state index is 12.2. The molecule has 0 saturated carbocycles. The van der Waals surface area contributed by atoms with Crippen molar-refractivity contribution in [2.75, 3.05) is 12.4 Å². The van der Waals surface area contributed by atoms with E-state index < -0.39 is 0 Å². The van der Waals surface area contributed by atoms with Crippen LogP contribution in [0.4, 0.5) is 5.95 Å². The molecule has 0 fully saturated rings. The highest BCUT2D eigenvalue weighted by Gasteiger charge is 2.12. The molecule has 0 spiro atoms. The normalized spacial score (nSPS) is 10.4. The second-order valence-electron chi connectivity index (χ2n) is 5.66. The number of amides is 1. The van der Waals surface area contributed by atoms with Gasteiger partial charge in [0.05, 0.1) is 31.2 Å². The molecule has 2 aromatic heterocycles. The minimum atomic E-state index is -0.236. The number of benzene rings is 1. The molecule has 3 aromatic rings. The van der Waals surface area contributed by atoms with Gasteiger partial charge in [0.1, 0.15) is 11.5 Å². The number of aromatic nitrogens is 2. The molecule has 0 atom stereocenters. The molecule has 2 N–H and O–H groups in total. The van der Waals surface area contributed by atoms with E-state index in [0.29, 0.717) is 36.1 Å². The zero-order valence-electron chi connectivity index (χ0n) is 14.7. The fraction of sp³-hybridized carbons (Fsp3) is 0.211. The van der Waals surface area contributed by atoms with E-state index in [4.69, 9.17) is 9.15 Å². The van der Waals surface area contributed by atoms with Crippen LogP contribution in [0, 0.1) is 6.92 Å². The molecule has 0 aliphatic rings. The number of hydrogen-bond acceptors (Lipinski definition) is 6. The predicted molar refractivity (Wildman–Crippen MR) is 97.0 cm³/mol. The maximum absolute atomic E-state index is 12.2. The van der Waals surface area contributed by atoms with Gasteiger partial charge in [-0.05, 0) is 36.8 Å². The van der Waals surface area contributed by atoms with Gasteiger partial charge in [-0.2, -0.15) is 0 Å². The predicted octanol–water partition coefficient (Wildman–Crippen LogP) is 2.93. The van der Waals surface area contributed by atoms with Crippen LogP contribution in [0.3, 0.4) is 0 Å². The van der Waals surface area contributed by atoms with Crippen molar-refractivity contribution in [3.05, 3.63) is 71.4 Å². The molecule has 0 radical (unpaired) electrons. The lowest BCUT2D eigenvalue weighted by Crippen LogP contribution is -2.24. The Balaban J connectivity index is 1.58. The Labute approximate surface area is 151 Å². The smallest absolute Gasteiger partial charge is 0.255 e. The number of rotatable bonds is 7. The van der Waals surface area contributed by atoms with Crippen LogP contribution in [0.15, 0.2) is 53.3 Å². The highest BCUT2D eigenvalue weighted by atomic mass is 16.5. The minimum Gasteiger partial charge on any atom is -0.497 e. The number of carbonyl (C=O) groups is 1. The molecule has 7 heteroatoms. The van der Waals surface area contributed by atoms with Crippen LogP contribution in [0.1, 0.15) is 27.4 Å². The Morgan fingerprint density at radius 2 is 2.00 bits per heavy atom. The highest BCUT2D eigenvalue weighted by molar-refractivity contribution is 5.94. The molecular formula is C19H20N4O3. The summed E-state index contributed by atoms with van der Waals surface area (Å²) < 4.78 is 10.3. The van der Waals surface area contributed by atoms with Crippen molar-refractivity contribution in [2.45, 2.75) is 20.0 Å². The molecule has 1 aromatic carbocycles. The van der Waals surface area contributed by atoms with Gasteiger partial charge in [0.2, 0.25) is 5.95 Å². The molecule has 0 unspecified atom stereocenters. The van der Waals surface area contributed by atoms with Crippen molar-refractivity contribution in [3.63, 3.8) is 0 Å². The first kappa shape index (κ1) is 17.5. The fourth-order valence-corrected chi connectivity index (χ4v) is 2.38. The van der Waals surface area contributed by atoms with Crippen LogP contribution in [0.25, 0.3) is 0 Å². The summed E-state index contributed by atoms with van der Waals surface area (Å²) in [6.45, 7) is 2.68. The van der Waals surface area contributed by atoms with Gasteiger partial charge >= 0.3 is 0 Å². The summed E-state index contributed by atoms with van der Waals surface area (Å²) in [5.41, 5.74) is 2.12. The SMILES string of the molecule is COc1ccc(CNc2ncc(C(=O)NCc3ccco3)c(C)n2)cc1. The van der Waals surface area contributed by atoms with Crippen molar-refractivity contribution in [3.8, 4) is 5.75 Å². The number of nitrogens with one attached hydrogen (secondary N) is 2. The first-order valence-electron chi connectivity index (χ1n) is 8.16. The van der Waals surface area contributed by atoms with Crippen molar-refractivity contribution in [1.82, 2.24) is 15.3 Å². The average molecular weight is 352 g/mol. The molecule has 1 amide bonds. The van der Waals surface area contributed by atoms with Gasteiger partial charge in [0, 0.05) is 12.7 Å². The molecule has 7 nitrogen and oxygen atoms in total. The van der Waals surface area contributed by atoms with Crippen molar-refractivity contribution >= 4 is 11.9 Å². The lowest BCUT2D eigenvalue weighted by molar-refractivity contribution is 0.0946. The number of methoxy groups -OCH3 is 1. The topological polar surface area (TPSA) is 89.3 Å². The van der Waals surface area contributed by atoms with E-state index in [-0.39, 0.29) is 5.91 Å². The van der Waals surface area contributed by atoms with Crippen molar-refractivity contribution in [2.24, 2.45) is 0 Å². The van der Waals surface area contributed by atoms with Gasteiger partial charge in [-0.1, -0.05) is 12.1 Å². The fourth-order valence-electron chi connectivity index (χ4n) is 2.38. The third-order valence-corrected chi connectivity index (χ3v) is 3.84. The number of carbonyl (C=O) groups excluding carboxylic acids is 1. The van der Waals surface area contributed by atoms with Crippen molar-refractivity contribution in [1.29, 1.82) is 0 Å². The quantitative estimate of drug-likeness (QED) is 0.680. The van der Waals surface area contributed by atoms with Crippen LogP contribution in [-0.4, -0.2) is 23.0 Å². The van der Waals surface area contributed by atoms with Crippen LogP contribution in [0.5, 0.6) is 5.75 Å². The largest absolute Gasteiger partial charge is 0.497 e. The number of hydrogen-bond donors (Lipinski definition) is 2. The Hall–Kier alpha value is -3.35. The molecule has 0 bridgehead atoms. The van der Waals surface area contributed by atoms with Gasteiger partial charge in [-0.3, -0.25) is 4.79 Å². The number of anilines is 1. The summed E-state index contributed by atoms with van der Waals surface area (Å²) in [6, 6.07) is 11.3. The van der Waals surface area contributed by atoms with E-state index in [1.54, 1.807) is 32.4 Å². The lowest BCUT2D eigenvalue weighted by atomic mass is 10.2. The Kier molecular flexibility index (Phi) is 5.48. The van der Waals surface area contributed by atoms with Gasteiger partial charge < -0.3 is 19.8 Å². The van der Waals surface area contributed by atoms with Gasteiger partial charge in [0.25, 0.3) is 5.91 Å². The molecule has 0 aliphatic heterocycles. The highest BCUT2D eigenvalue weighted by Crippen LogP contribution is 2.13. The molecule has 26 heavy (non-hydrogen) atoms. The summed E-state index contributed by atoms with van der Waals surface area (Å²) in [5.74, 6) is 1.74. The average Bonchev–Trinajstić information content (AvgIpc) is 3.18. The Morgan fingerprint density at radius 3 is 2.65 bits per heavy atom. The van der Waals surface area contributed by atoms with Gasteiger partial charge in [-0.25, -0.2) is 9.97 Å². The minimum absolute atomic E-state index is 0.236. The number of ether oxygens (including phenoxy) is 1. The van der Waals surface area contributed by atoms with Crippen LogP contribution < -0.4 is 15.4 Å². The molecule has 3 rings (SSSR count). The summed E-state index contributed by atoms with van der Waals surface area (Å²) in [6.07, 6.45) is 3.09. The molecular weight excluding hydrogens is 332 g/mol. The molecule has 0 saturated heterocycles. The summed E-state index contributed by atoms with van der Waals surface area (Å²) in [4.78, 5) is 20.8. The van der Waals surface area contributed by atoms with E-state index in [0.717, 1.165) is 11.3 Å². The second-order valence-corrected chi connectivity index (χ2v) is 5.66. The van der Waals surface area contributed by atoms with Crippen molar-refractivity contribution < 1.29 is 13.9 Å². The number of nitrogens with zero attached hydrogens (tertiary/aromatic N) is 2. The summed E-state index contributed by atoms with van der Waals surface area (Å²) >= 11 is 0. The second kappa shape index (κ2) is 8.15. The van der Waals surface area contributed by atoms with E-state index in [1.165, 1.54) is 6.20 Å². The first-order chi connectivity index (χ1) is 12.7. The first-order valence-corrected chi connectivity index (χ1v) is 8.16. The Bertz CT molecular complexity index is 861. The van der Waals surface area contributed by atoms with E-state index in [2.05, 4.69) is 20.6 Å². The number of furan rings is 1. The van der Waals surface area contributed by atoms with Gasteiger partial charge in [0.15, 0.2) is 0 Å². The maximum Gasteiger partial charge on any atom is 0.255 e. The standard InChI is InChI=1S/C19H20N4O3/c1-13-17(18(24)20-11-16-4-3-9-26-16)12-22-19(23-13)21-10-14-5-7-15(25-2)8-6-14/h3-9,12H,10-11H2,1-2H3,(H,20,24)(H,21,22,23). The summed E-state index contributed by atoms with van der Waals surface area (Å²) in [5, 5.41) is 5.94. The lowest BCUT2D eigenvalue weighted by Gasteiger charge is -2.09. The molecule has 134 valence electrons. The Morgan fingerprint density at radius 1 is 1.19 bits per heavy atom. The molecule has 2 heterocycles. The van der Waals surface area contributed by atoms with Crippen LogP contribution in [-0.2, 0) is 13.1 Å². The van der Waals surface area contributed by atoms with E-state index in [1.807, 2.05) is 24.3 Å². The van der Waals surface area contributed by atoms with E-state index in [9.17, 15) is 4.79 Å². The zero-order chi connectivity index (χ0) is 18.4. The van der Waals surface area contributed by atoms with Crippen LogP contribution >= 0.6 is 0 Å². The van der Waals surface area contributed by atoms with Gasteiger partial charge in [-0.15, -0.1) is 0 Å².